The van der Waals surface area contributed by atoms with Crippen molar-refractivity contribution in [2.24, 2.45) is 5.73 Å². The van der Waals surface area contributed by atoms with E-state index in [0.717, 1.165) is 12.8 Å². The zero-order chi connectivity index (χ0) is 11.8. The second kappa shape index (κ2) is 7.42. The Balaban J connectivity index is 2.52. The van der Waals surface area contributed by atoms with Crippen molar-refractivity contribution in [2.75, 3.05) is 6.54 Å². The summed E-state index contributed by atoms with van der Waals surface area (Å²) in [5, 5.41) is 0. The molecule has 90 valence electrons. The molecule has 0 aromatic heterocycles. The second-order valence-electron chi connectivity index (χ2n) is 4.22. The summed E-state index contributed by atoms with van der Waals surface area (Å²) in [7, 11) is 0. The van der Waals surface area contributed by atoms with Gasteiger partial charge in [-0.1, -0.05) is 37.6 Å². The quantitative estimate of drug-likeness (QED) is 0.768. The lowest BCUT2D eigenvalue weighted by molar-refractivity contribution is 0.0468. The molecule has 0 amide bonds. The first-order valence-corrected chi connectivity index (χ1v) is 6.16. The Labute approximate surface area is 98.8 Å². The maximum Gasteiger partial charge on any atom is 0.0723 e. The van der Waals surface area contributed by atoms with E-state index >= 15 is 0 Å². The molecule has 0 saturated carbocycles. The Kier molecular flexibility index (Phi) is 6.12. The number of ether oxygens (including phenoxy) is 1. The Morgan fingerprint density at radius 1 is 1.25 bits per heavy atom. The Bertz CT molecular complexity index is 299. The van der Waals surface area contributed by atoms with Crippen LogP contribution in [0.4, 0.5) is 0 Å². The van der Waals surface area contributed by atoms with Gasteiger partial charge < -0.3 is 10.5 Å². The van der Waals surface area contributed by atoms with Gasteiger partial charge in [0, 0.05) is 0 Å². The number of benzene rings is 1. The van der Waals surface area contributed by atoms with E-state index in [-0.39, 0.29) is 0 Å². The molecule has 0 fully saturated rings. The number of hydrogen-bond acceptors (Lipinski definition) is 2. The molecule has 2 N–H and O–H groups in total. The van der Waals surface area contributed by atoms with E-state index in [0.29, 0.717) is 19.3 Å². The zero-order valence-corrected chi connectivity index (χ0v) is 10.4. The Hall–Kier alpha value is -0.860. The topological polar surface area (TPSA) is 35.2 Å². The Morgan fingerprint density at radius 3 is 2.56 bits per heavy atom. The third-order valence-corrected chi connectivity index (χ3v) is 2.75. The monoisotopic (exact) mass is 221 g/mol. The molecule has 1 atom stereocenters. The van der Waals surface area contributed by atoms with Crippen LogP contribution in [0.5, 0.6) is 0 Å². The van der Waals surface area contributed by atoms with E-state index in [9.17, 15) is 0 Å². The van der Waals surface area contributed by atoms with E-state index in [1.807, 2.05) is 0 Å². The lowest BCUT2D eigenvalue weighted by Gasteiger charge is -2.14. The molecule has 16 heavy (non-hydrogen) atoms. The van der Waals surface area contributed by atoms with Crippen molar-refractivity contribution >= 4 is 0 Å². The van der Waals surface area contributed by atoms with Crippen LogP contribution in [0.25, 0.3) is 0 Å². The number of rotatable bonds is 7. The van der Waals surface area contributed by atoms with Gasteiger partial charge in [-0.15, -0.1) is 0 Å². The number of hydrogen-bond donors (Lipinski definition) is 1. The molecule has 2 nitrogen and oxygen atoms in total. The highest BCUT2D eigenvalue weighted by Gasteiger charge is 2.04. The van der Waals surface area contributed by atoms with E-state index in [1.54, 1.807) is 0 Å². The van der Waals surface area contributed by atoms with Crippen LogP contribution < -0.4 is 5.73 Å². The summed E-state index contributed by atoms with van der Waals surface area (Å²) in [6, 6.07) is 8.38. The fraction of sp³-hybridized carbons (Fsp3) is 0.571. The van der Waals surface area contributed by atoms with E-state index < -0.39 is 0 Å². The molecule has 1 aromatic carbocycles. The summed E-state index contributed by atoms with van der Waals surface area (Å²) >= 11 is 0. The van der Waals surface area contributed by atoms with Crippen molar-refractivity contribution in [3.05, 3.63) is 35.4 Å². The van der Waals surface area contributed by atoms with Gasteiger partial charge >= 0.3 is 0 Å². The predicted molar refractivity (Wildman–Crippen MR) is 68.4 cm³/mol. The fourth-order valence-corrected chi connectivity index (χ4v) is 1.82. The fourth-order valence-electron chi connectivity index (χ4n) is 1.82. The largest absolute Gasteiger partial charge is 0.374 e. The molecular weight excluding hydrogens is 198 g/mol. The Morgan fingerprint density at radius 2 is 1.94 bits per heavy atom. The average molecular weight is 221 g/mol. The van der Waals surface area contributed by atoms with E-state index in [2.05, 4.69) is 38.1 Å². The molecular formula is C14H23NO. The first-order valence-electron chi connectivity index (χ1n) is 6.16. The predicted octanol–water partition coefficient (Wildman–Crippen LogP) is 2.89. The van der Waals surface area contributed by atoms with Gasteiger partial charge in [-0.05, 0) is 37.4 Å². The van der Waals surface area contributed by atoms with Crippen LogP contribution in [0.15, 0.2) is 24.3 Å². The third kappa shape index (κ3) is 4.33. The van der Waals surface area contributed by atoms with Gasteiger partial charge in [0.25, 0.3) is 0 Å². The molecule has 0 aliphatic heterocycles. The van der Waals surface area contributed by atoms with Gasteiger partial charge in [0.1, 0.15) is 0 Å². The van der Waals surface area contributed by atoms with Crippen LogP contribution >= 0.6 is 0 Å². The molecule has 0 spiro atoms. The van der Waals surface area contributed by atoms with E-state index in [1.165, 1.54) is 17.5 Å². The van der Waals surface area contributed by atoms with Crippen molar-refractivity contribution in [1.29, 1.82) is 0 Å². The summed E-state index contributed by atoms with van der Waals surface area (Å²) in [6.07, 6.45) is 3.57. The average Bonchev–Trinajstić information content (AvgIpc) is 2.29. The lowest BCUT2D eigenvalue weighted by atomic mass is 10.1. The molecule has 0 aliphatic carbocycles. The molecule has 0 heterocycles. The number of nitrogens with two attached hydrogens (primary N) is 1. The standard InChI is InChI=1S/C14H23NO/c1-3-6-12(2)16-11-14-8-5-4-7-13(14)9-10-15/h4-5,7-8,12H,3,6,9-11,15H2,1-2H3. The van der Waals surface area contributed by atoms with Gasteiger partial charge in [0.2, 0.25) is 0 Å². The zero-order valence-electron chi connectivity index (χ0n) is 10.4. The van der Waals surface area contributed by atoms with Crippen molar-refractivity contribution in [2.45, 2.75) is 45.8 Å². The molecule has 2 heteroatoms. The molecule has 0 saturated heterocycles. The minimum atomic E-state index is 0.343. The molecule has 0 radical (unpaired) electrons. The summed E-state index contributed by atoms with van der Waals surface area (Å²) in [5.41, 5.74) is 8.18. The van der Waals surface area contributed by atoms with Crippen LogP contribution in [0.2, 0.25) is 0 Å². The highest BCUT2D eigenvalue weighted by molar-refractivity contribution is 5.26. The normalized spacial score (nSPS) is 12.7. The van der Waals surface area contributed by atoms with Gasteiger partial charge in [0.05, 0.1) is 12.7 Å². The molecule has 1 unspecified atom stereocenters. The summed E-state index contributed by atoms with van der Waals surface area (Å²) in [4.78, 5) is 0. The van der Waals surface area contributed by atoms with Crippen LogP contribution in [0.3, 0.4) is 0 Å². The highest BCUT2D eigenvalue weighted by atomic mass is 16.5. The summed E-state index contributed by atoms with van der Waals surface area (Å²) in [5.74, 6) is 0. The van der Waals surface area contributed by atoms with Crippen molar-refractivity contribution < 1.29 is 4.74 Å². The molecule has 1 aromatic rings. The van der Waals surface area contributed by atoms with Crippen LogP contribution in [-0.4, -0.2) is 12.6 Å². The van der Waals surface area contributed by atoms with Gasteiger partial charge in [-0.3, -0.25) is 0 Å². The van der Waals surface area contributed by atoms with Gasteiger partial charge in [-0.25, -0.2) is 0 Å². The highest BCUT2D eigenvalue weighted by Crippen LogP contribution is 2.12. The lowest BCUT2D eigenvalue weighted by Crippen LogP contribution is -2.10. The van der Waals surface area contributed by atoms with Crippen molar-refractivity contribution in [1.82, 2.24) is 0 Å². The SMILES string of the molecule is CCCC(C)OCc1ccccc1CCN. The van der Waals surface area contributed by atoms with Crippen molar-refractivity contribution in [3.63, 3.8) is 0 Å². The van der Waals surface area contributed by atoms with Crippen LogP contribution in [0, 0.1) is 0 Å². The van der Waals surface area contributed by atoms with Gasteiger partial charge in [-0.2, -0.15) is 0 Å². The third-order valence-electron chi connectivity index (χ3n) is 2.75. The maximum absolute atomic E-state index is 5.81. The second-order valence-corrected chi connectivity index (χ2v) is 4.22. The molecule has 1 rings (SSSR count). The first-order chi connectivity index (χ1) is 7.77. The van der Waals surface area contributed by atoms with Crippen molar-refractivity contribution in [3.8, 4) is 0 Å². The van der Waals surface area contributed by atoms with Crippen LogP contribution in [-0.2, 0) is 17.8 Å². The summed E-state index contributed by atoms with van der Waals surface area (Å²) in [6.45, 7) is 5.72. The molecule has 0 aliphatic rings. The van der Waals surface area contributed by atoms with Gasteiger partial charge in [0.15, 0.2) is 0 Å². The summed E-state index contributed by atoms with van der Waals surface area (Å²) < 4.78 is 5.81. The smallest absolute Gasteiger partial charge is 0.0723 e. The van der Waals surface area contributed by atoms with Crippen LogP contribution in [0.1, 0.15) is 37.8 Å². The van der Waals surface area contributed by atoms with E-state index in [4.69, 9.17) is 10.5 Å². The minimum Gasteiger partial charge on any atom is -0.374 e. The maximum atomic E-state index is 5.81. The molecule has 0 bridgehead atoms. The first kappa shape index (κ1) is 13.2. The minimum absolute atomic E-state index is 0.343.